The molecule has 0 saturated heterocycles. The van der Waals surface area contributed by atoms with Gasteiger partial charge in [-0.3, -0.25) is 0 Å². The first-order valence-corrected chi connectivity index (χ1v) is 13.8. The lowest BCUT2D eigenvalue weighted by Gasteiger charge is -2.36. The third-order valence-electron chi connectivity index (χ3n) is 7.48. The van der Waals surface area contributed by atoms with E-state index in [-0.39, 0.29) is 10.8 Å². The number of aromatic hydroxyl groups is 1. The lowest BCUT2D eigenvalue weighted by molar-refractivity contribution is 0.252. The van der Waals surface area contributed by atoms with Gasteiger partial charge in [-0.15, -0.1) is 6.58 Å². The Labute approximate surface area is 202 Å². The summed E-state index contributed by atoms with van der Waals surface area (Å²) in [5, 5.41) is 13.6. The van der Waals surface area contributed by atoms with Crippen molar-refractivity contribution < 1.29 is 17.9 Å². The van der Waals surface area contributed by atoms with Crippen LogP contribution in [0.2, 0.25) is 0 Å². The molecule has 0 radical (unpaired) electrons. The summed E-state index contributed by atoms with van der Waals surface area (Å²) >= 11 is 0. The Kier molecular flexibility index (Phi) is 8.06. The maximum Gasteiger partial charge on any atom is 0.243 e. The summed E-state index contributed by atoms with van der Waals surface area (Å²) in [6.45, 7) is 5.26. The van der Waals surface area contributed by atoms with E-state index in [1.807, 2.05) is 12.1 Å². The van der Waals surface area contributed by atoms with Gasteiger partial charge in [0.15, 0.2) is 0 Å². The number of halogens is 1. The van der Waals surface area contributed by atoms with Crippen molar-refractivity contribution in [2.24, 2.45) is 11.8 Å². The van der Waals surface area contributed by atoms with E-state index >= 15 is 0 Å². The molecular formula is C27H35FN2O3S. The van der Waals surface area contributed by atoms with Crippen LogP contribution in [0.25, 0.3) is 0 Å². The Bertz CT molecular complexity index is 1100. The zero-order valence-electron chi connectivity index (χ0n) is 19.5. The molecule has 4 rings (SSSR count). The zero-order valence-corrected chi connectivity index (χ0v) is 20.4. The standard InChI is InChI=1S/C27H35FN2O3S/c1-2-5-24-23-14-13-22(31)16-21(23)12-15-26(24)29-17-19-8-10-20(11-9-19)18-30-34(32,33)27-7-4-3-6-25(27)28/h2-4,6-7,13-14,16,19-20,24,26,29-31H,1,5,8-12,15,17-18H2. The number of benzene rings is 2. The number of hydrogen-bond acceptors (Lipinski definition) is 4. The summed E-state index contributed by atoms with van der Waals surface area (Å²) in [5.74, 6) is 0.827. The van der Waals surface area contributed by atoms with Crippen molar-refractivity contribution in [3.05, 3.63) is 72.1 Å². The van der Waals surface area contributed by atoms with E-state index < -0.39 is 15.8 Å². The van der Waals surface area contributed by atoms with E-state index in [0.29, 0.717) is 30.2 Å². The molecule has 3 N–H and O–H groups in total. The van der Waals surface area contributed by atoms with Crippen LogP contribution in [0.3, 0.4) is 0 Å². The maximum absolute atomic E-state index is 13.9. The van der Waals surface area contributed by atoms with Gasteiger partial charge in [-0.05, 0) is 98.7 Å². The Morgan fingerprint density at radius 2 is 1.74 bits per heavy atom. The van der Waals surface area contributed by atoms with Gasteiger partial charge in [0.05, 0.1) is 0 Å². The van der Waals surface area contributed by atoms with Crippen LogP contribution in [0.15, 0.2) is 60.0 Å². The van der Waals surface area contributed by atoms with Crippen molar-refractivity contribution in [1.82, 2.24) is 10.0 Å². The monoisotopic (exact) mass is 486 g/mol. The van der Waals surface area contributed by atoms with Crippen molar-refractivity contribution in [2.75, 3.05) is 13.1 Å². The fraction of sp³-hybridized carbons (Fsp3) is 0.481. The Morgan fingerprint density at radius 3 is 2.44 bits per heavy atom. The molecule has 0 aromatic heterocycles. The Morgan fingerprint density at radius 1 is 1.03 bits per heavy atom. The smallest absolute Gasteiger partial charge is 0.243 e. The topological polar surface area (TPSA) is 78.4 Å². The number of hydrogen-bond donors (Lipinski definition) is 3. The minimum Gasteiger partial charge on any atom is -0.508 e. The minimum absolute atomic E-state index is 0.278. The van der Waals surface area contributed by atoms with E-state index in [0.717, 1.165) is 51.5 Å². The van der Waals surface area contributed by atoms with Crippen LogP contribution < -0.4 is 10.0 Å². The fourth-order valence-corrected chi connectivity index (χ4v) is 6.73. The molecule has 184 valence electrons. The highest BCUT2D eigenvalue weighted by Gasteiger charge is 2.30. The Hall–Kier alpha value is -2.22. The molecule has 7 heteroatoms. The Balaban J connectivity index is 1.25. The maximum atomic E-state index is 13.9. The van der Waals surface area contributed by atoms with Crippen LogP contribution in [0.5, 0.6) is 5.75 Å². The van der Waals surface area contributed by atoms with E-state index in [9.17, 15) is 17.9 Å². The summed E-state index contributed by atoms with van der Waals surface area (Å²) in [5.41, 5.74) is 2.55. The molecule has 1 fully saturated rings. The van der Waals surface area contributed by atoms with Crippen molar-refractivity contribution in [2.45, 2.75) is 61.8 Å². The molecule has 0 amide bonds. The summed E-state index contributed by atoms with van der Waals surface area (Å²) in [6.07, 6.45) is 8.94. The van der Waals surface area contributed by atoms with Crippen LogP contribution in [-0.2, 0) is 16.4 Å². The van der Waals surface area contributed by atoms with Gasteiger partial charge >= 0.3 is 0 Å². The van der Waals surface area contributed by atoms with Crippen LogP contribution in [-0.4, -0.2) is 32.7 Å². The lowest BCUT2D eigenvalue weighted by atomic mass is 9.76. The quantitative estimate of drug-likeness (QED) is 0.442. The van der Waals surface area contributed by atoms with E-state index in [1.54, 1.807) is 6.07 Å². The van der Waals surface area contributed by atoms with Gasteiger partial charge in [-0.25, -0.2) is 17.5 Å². The number of allylic oxidation sites excluding steroid dienone is 1. The predicted octanol–water partition coefficient (Wildman–Crippen LogP) is 4.88. The second kappa shape index (κ2) is 11.0. The van der Waals surface area contributed by atoms with E-state index in [2.05, 4.69) is 22.7 Å². The number of phenolic OH excluding ortho intramolecular Hbond substituents is 1. The second-order valence-corrected chi connectivity index (χ2v) is 11.5. The molecule has 5 nitrogen and oxygen atoms in total. The van der Waals surface area contributed by atoms with Gasteiger partial charge in [-0.2, -0.15) is 0 Å². The molecule has 2 aliphatic carbocycles. The van der Waals surface area contributed by atoms with Gasteiger partial charge in [0.2, 0.25) is 10.0 Å². The molecule has 0 bridgehead atoms. The lowest BCUT2D eigenvalue weighted by Crippen LogP contribution is -2.41. The molecule has 0 heterocycles. The number of sulfonamides is 1. The largest absolute Gasteiger partial charge is 0.508 e. The van der Waals surface area contributed by atoms with Crippen LogP contribution >= 0.6 is 0 Å². The molecule has 2 atom stereocenters. The van der Waals surface area contributed by atoms with Crippen LogP contribution in [0.1, 0.15) is 55.6 Å². The molecule has 0 spiro atoms. The average molecular weight is 487 g/mol. The van der Waals surface area contributed by atoms with Crippen molar-refractivity contribution in [1.29, 1.82) is 0 Å². The summed E-state index contributed by atoms with van der Waals surface area (Å²) in [4.78, 5) is -0.286. The highest BCUT2D eigenvalue weighted by atomic mass is 32.2. The molecule has 0 aliphatic heterocycles. The second-order valence-electron chi connectivity index (χ2n) is 9.74. The molecular weight excluding hydrogens is 451 g/mol. The first kappa shape index (κ1) is 24.9. The SMILES string of the molecule is C=CCC1c2ccc(O)cc2CCC1NCC1CCC(CNS(=O)(=O)c2ccccc2F)CC1. The van der Waals surface area contributed by atoms with E-state index in [4.69, 9.17) is 0 Å². The van der Waals surface area contributed by atoms with Crippen molar-refractivity contribution in [3.63, 3.8) is 0 Å². The third-order valence-corrected chi connectivity index (χ3v) is 8.94. The summed E-state index contributed by atoms with van der Waals surface area (Å²) < 4.78 is 41.4. The number of fused-ring (bicyclic) bond motifs is 1. The van der Waals surface area contributed by atoms with Gasteiger partial charge in [-0.1, -0.05) is 24.3 Å². The first-order chi connectivity index (χ1) is 16.4. The van der Waals surface area contributed by atoms with E-state index in [1.165, 1.54) is 35.4 Å². The summed E-state index contributed by atoms with van der Waals surface area (Å²) in [7, 11) is -3.83. The normalized spacial score (nSPS) is 25.0. The molecule has 1 saturated carbocycles. The average Bonchev–Trinajstić information content (AvgIpc) is 2.83. The highest BCUT2D eigenvalue weighted by Crippen LogP contribution is 2.37. The van der Waals surface area contributed by atoms with Gasteiger partial charge in [0.1, 0.15) is 16.5 Å². The zero-order chi connectivity index (χ0) is 24.1. The highest BCUT2D eigenvalue weighted by molar-refractivity contribution is 7.89. The fourth-order valence-electron chi connectivity index (χ4n) is 5.54. The molecule has 2 aromatic carbocycles. The van der Waals surface area contributed by atoms with Crippen molar-refractivity contribution >= 4 is 10.0 Å². The number of rotatable bonds is 9. The van der Waals surface area contributed by atoms with Crippen LogP contribution in [0, 0.1) is 17.7 Å². The predicted molar refractivity (Wildman–Crippen MR) is 133 cm³/mol. The van der Waals surface area contributed by atoms with Crippen molar-refractivity contribution in [3.8, 4) is 5.75 Å². The van der Waals surface area contributed by atoms with Crippen LogP contribution in [0.4, 0.5) is 4.39 Å². The molecule has 34 heavy (non-hydrogen) atoms. The summed E-state index contributed by atoms with van der Waals surface area (Å²) in [6, 6.07) is 11.6. The van der Waals surface area contributed by atoms with Gasteiger partial charge in [0, 0.05) is 18.5 Å². The van der Waals surface area contributed by atoms with Gasteiger partial charge < -0.3 is 10.4 Å². The minimum atomic E-state index is -3.83. The molecule has 2 unspecified atom stereocenters. The number of nitrogens with one attached hydrogen (secondary N) is 2. The molecule has 2 aromatic rings. The number of phenols is 1. The third kappa shape index (κ3) is 5.88. The molecule has 2 aliphatic rings. The first-order valence-electron chi connectivity index (χ1n) is 12.3. The van der Waals surface area contributed by atoms with Gasteiger partial charge in [0.25, 0.3) is 0 Å². The number of aryl methyl sites for hydroxylation is 1.